The fraction of sp³-hybridized carbons (Fsp3) is 0.0877. The molecule has 0 saturated heterocycles. The molecule has 0 bridgehead atoms. The van der Waals surface area contributed by atoms with Crippen molar-refractivity contribution >= 4 is 76.8 Å². The minimum absolute atomic E-state index is 0.0493. The molecule has 3 heteroatoms. The number of allylic oxidation sites excluding steroid dienone is 1. The number of hydrogen-bond donors (Lipinski definition) is 0. The number of nitrogens with zero attached hydrogens (tertiary/aromatic N) is 2. The second kappa shape index (κ2) is 12.5. The van der Waals surface area contributed by atoms with Crippen LogP contribution in [-0.4, -0.2) is 9.13 Å². The number of hydrogen-bond acceptors (Lipinski definition) is 1. The molecule has 2 aliphatic rings. The first-order chi connectivity index (χ1) is 29.5. The molecule has 1 atom stereocenters. The molecule has 0 radical (unpaired) electrons. The summed E-state index contributed by atoms with van der Waals surface area (Å²) in [4.78, 5) is 1.47. The molecular weight excluding hydrogens is 745 g/mol. The number of thiophene rings is 1. The summed E-state index contributed by atoms with van der Waals surface area (Å²) in [7, 11) is 0. The van der Waals surface area contributed by atoms with E-state index in [1.54, 1.807) is 0 Å². The van der Waals surface area contributed by atoms with Gasteiger partial charge in [0.1, 0.15) is 0 Å². The highest BCUT2D eigenvalue weighted by molar-refractivity contribution is 7.19. The van der Waals surface area contributed by atoms with Gasteiger partial charge >= 0.3 is 0 Å². The Balaban J connectivity index is 0.997. The van der Waals surface area contributed by atoms with Crippen molar-refractivity contribution in [1.29, 1.82) is 0 Å². The Morgan fingerprint density at radius 1 is 0.500 bits per heavy atom. The summed E-state index contributed by atoms with van der Waals surface area (Å²) in [5.41, 5.74) is 18.4. The van der Waals surface area contributed by atoms with E-state index < -0.39 is 0 Å². The first-order valence-corrected chi connectivity index (χ1v) is 21.9. The maximum atomic E-state index is 2.58. The van der Waals surface area contributed by atoms with Gasteiger partial charge in [0.05, 0.1) is 22.1 Å². The van der Waals surface area contributed by atoms with Crippen molar-refractivity contribution < 1.29 is 0 Å². The molecule has 284 valence electrons. The second-order valence-corrected chi connectivity index (χ2v) is 18.3. The maximum absolute atomic E-state index is 2.58. The fourth-order valence-corrected chi connectivity index (χ4v) is 12.3. The van der Waals surface area contributed by atoms with E-state index in [1.165, 1.54) is 114 Å². The van der Waals surface area contributed by atoms with Crippen LogP contribution < -0.4 is 0 Å². The van der Waals surface area contributed by atoms with Crippen molar-refractivity contribution in [3.8, 4) is 27.9 Å². The molecule has 60 heavy (non-hydrogen) atoms. The first kappa shape index (κ1) is 34.0. The fourth-order valence-electron chi connectivity index (χ4n) is 11.0. The van der Waals surface area contributed by atoms with E-state index >= 15 is 0 Å². The van der Waals surface area contributed by atoms with Crippen LogP contribution in [0.3, 0.4) is 0 Å². The van der Waals surface area contributed by atoms with E-state index in [-0.39, 0.29) is 11.3 Å². The van der Waals surface area contributed by atoms with Gasteiger partial charge in [-0.05, 0) is 112 Å². The lowest BCUT2D eigenvalue weighted by Gasteiger charge is -2.28. The number of para-hydroxylation sites is 3. The zero-order chi connectivity index (χ0) is 39.7. The molecule has 11 aromatic rings. The van der Waals surface area contributed by atoms with E-state index in [9.17, 15) is 0 Å². The van der Waals surface area contributed by atoms with Gasteiger partial charge in [-0.25, -0.2) is 0 Å². The van der Waals surface area contributed by atoms with Crippen molar-refractivity contribution in [2.45, 2.75) is 31.6 Å². The molecular formula is C57H40N2S. The van der Waals surface area contributed by atoms with Crippen molar-refractivity contribution in [2.75, 3.05) is 0 Å². The SMILES string of the molecule is CC1(C)c2ccccc2-c2c(C3CC(n4c5ccccc5c5cc(-c6ccc7c(c6)c6ccccc6n7-c6ccccc6)ccc54)=Cc4c3sc3ccccc43)cccc21. The smallest absolute Gasteiger partial charge is 0.0541 e. The van der Waals surface area contributed by atoms with E-state index in [4.69, 9.17) is 0 Å². The Labute approximate surface area is 352 Å². The Morgan fingerprint density at radius 2 is 1.08 bits per heavy atom. The molecule has 0 fully saturated rings. The van der Waals surface area contributed by atoms with Crippen molar-refractivity contribution in [3.63, 3.8) is 0 Å². The van der Waals surface area contributed by atoms with Gasteiger partial charge in [0.2, 0.25) is 0 Å². The lowest BCUT2D eigenvalue weighted by molar-refractivity contribution is 0.659. The van der Waals surface area contributed by atoms with Crippen LogP contribution in [0.4, 0.5) is 0 Å². The van der Waals surface area contributed by atoms with Crippen molar-refractivity contribution in [1.82, 2.24) is 9.13 Å². The standard InChI is InChI=1S/C57H40N2S/c1-57(2)48-22-10-6-20-43(48)55-42(21-14-23-49(55)57)47-34-38(33-46-41-19-9-13-26-54(41)60-56(46)47)59-51-25-12-8-18-40(51)45-32-36(28-30-53(45)59)35-27-29-52-44(31-35)39-17-7-11-24-50(39)58(52)37-15-4-3-5-16-37/h3-33,47H,34H2,1-2H3. The first-order valence-electron chi connectivity index (χ1n) is 21.1. The van der Waals surface area contributed by atoms with Crippen molar-refractivity contribution in [2.24, 2.45) is 0 Å². The van der Waals surface area contributed by atoms with Gasteiger partial charge in [0.15, 0.2) is 0 Å². The van der Waals surface area contributed by atoms with Gasteiger partial charge < -0.3 is 9.13 Å². The summed E-state index contributed by atoms with van der Waals surface area (Å²) in [6.07, 6.45) is 3.43. The maximum Gasteiger partial charge on any atom is 0.0541 e. The number of fused-ring (bicyclic) bond motifs is 12. The van der Waals surface area contributed by atoms with Gasteiger partial charge in [0, 0.05) is 59.2 Å². The quantitative estimate of drug-likeness (QED) is 0.168. The third-order valence-electron chi connectivity index (χ3n) is 13.7. The highest BCUT2D eigenvalue weighted by atomic mass is 32.1. The lowest BCUT2D eigenvalue weighted by Crippen LogP contribution is -2.15. The summed E-state index contributed by atoms with van der Waals surface area (Å²) in [5, 5.41) is 6.45. The summed E-state index contributed by atoms with van der Waals surface area (Å²) in [6.45, 7) is 4.79. The van der Waals surface area contributed by atoms with Crippen molar-refractivity contribution in [3.05, 3.63) is 209 Å². The Kier molecular flexibility index (Phi) is 7.10. The minimum Gasteiger partial charge on any atom is -0.313 e. The summed E-state index contributed by atoms with van der Waals surface area (Å²) < 4.78 is 6.32. The topological polar surface area (TPSA) is 9.86 Å². The second-order valence-electron chi connectivity index (χ2n) is 17.2. The van der Waals surface area contributed by atoms with Gasteiger partial charge in [-0.15, -0.1) is 11.3 Å². The van der Waals surface area contributed by atoms with E-state index in [1.807, 2.05) is 11.3 Å². The summed E-state index contributed by atoms with van der Waals surface area (Å²) >= 11 is 1.98. The molecule has 2 nitrogen and oxygen atoms in total. The molecule has 8 aromatic carbocycles. The molecule has 0 saturated carbocycles. The highest BCUT2D eigenvalue weighted by Crippen LogP contribution is 2.55. The Hall–Kier alpha value is -6.94. The number of benzene rings is 8. The Morgan fingerprint density at radius 3 is 1.83 bits per heavy atom. The van der Waals surface area contributed by atoms with Crippen LogP contribution in [-0.2, 0) is 5.41 Å². The molecule has 0 N–H and O–H groups in total. The third-order valence-corrected chi connectivity index (χ3v) is 15.0. The molecule has 3 aromatic heterocycles. The molecule has 3 heterocycles. The summed E-state index contributed by atoms with van der Waals surface area (Å²) in [6, 6.07) is 67.9. The van der Waals surface area contributed by atoms with E-state index in [0.717, 1.165) is 6.42 Å². The minimum atomic E-state index is -0.0493. The van der Waals surface area contributed by atoms with Gasteiger partial charge in [0.25, 0.3) is 0 Å². The lowest BCUT2D eigenvalue weighted by atomic mass is 9.79. The normalized spacial score (nSPS) is 15.5. The number of rotatable bonds is 4. The van der Waals surface area contributed by atoms with Crippen LogP contribution in [0, 0.1) is 0 Å². The highest BCUT2D eigenvalue weighted by Gasteiger charge is 2.39. The van der Waals surface area contributed by atoms with Gasteiger partial charge in [-0.3, -0.25) is 0 Å². The molecule has 0 aliphatic heterocycles. The van der Waals surface area contributed by atoms with Crippen LogP contribution in [0.2, 0.25) is 0 Å². The average molecular weight is 785 g/mol. The molecule has 13 rings (SSSR count). The van der Waals surface area contributed by atoms with E-state index in [0.29, 0.717) is 0 Å². The monoisotopic (exact) mass is 784 g/mol. The van der Waals surface area contributed by atoms with Crippen LogP contribution in [0.25, 0.3) is 93.4 Å². The molecule has 1 unspecified atom stereocenters. The van der Waals surface area contributed by atoms with E-state index in [2.05, 4.69) is 211 Å². The predicted molar refractivity (Wildman–Crippen MR) is 256 cm³/mol. The van der Waals surface area contributed by atoms with Crippen LogP contribution in [0.5, 0.6) is 0 Å². The van der Waals surface area contributed by atoms with Crippen LogP contribution in [0.1, 0.15) is 53.3 Å². The predicted octanol–water partition coefficient (Wildman–Crippen LogP) is 15.6. The molecule has 2 aliphatic carbocycles. The third kappa shape index (κ3) is 4.70. The summed E-state index contributed by atoms with van der Waals surface area (Å²) in [5.74, 6) is 0.217. The largest absolute Gasteiger partial charge is 0.313 e. The van der Waals surface area contributed by atoms with Gasteiger partial charge in [-0.1, -0.05) is 141 Å². The molecule has 0 amide bonds. The zero-order valence-electron chi connectivity index (χ0n) is 33.5. The van der Waals surface area contributed by atoms with Crippen LogP contribution in [0.15, 0.2) is 182 Å². The zero-order valence-corrected chi connectivity index (χ0v) is 34.3. The Bertz CT molecular complexity index is 3610. The van der Waals surface area contributed by atoms with Crippen LogP contribution >= 0.6 is 11.3 Å². The van der Waals surface area contributed by atoms with Gasteiger partial charge in [-0.2, -0.15) is 0 Å². The number of aromatic nitrogens is 2. The average Bonchev–Trinajstić information content (AvgIpc) is 4.01. The molecule has 0 spiro atoms.